The number of likely N-dealkylation sites (tertiary alicyclic amines) is 1. The molecule has 0 aliphatic carbocycles. The van der Waals surface area contributed by atoms with Crippen LogP contribution in [0.25, 0.3) is 11.0 Å². The molecule has 3 aromatic carbocycles. The fourth-order valence-electron chi connectivity index (χ4n) is 6.51. The summed E-state index contributed by atoms with van der Waals surface area (Å²) in [7, 11) is 1.38. The van der Waals surface area contributed by atoms with Gasteiger partial charge in [0.25, 0.3) is 6.43 Å². The predicted octanol–water partition coefficient (Wildman–Crippen LogP) is 6.58. The minimum Gasteiger partial charge on any atom is -0.485 e. The summed E-state index contributed by atoms with van der Waals surface area (Å²) in [5.41, 5.74) is 3.05. The Morgan fingerprint density at radius 3 is 2.60 bits per heavy atom. The van der Waals surface area contributed by atoms with E-state index in [4.69, 9.17) is 23.9 Å². The summed E-state index contributed by atoms with van der Waals surface area (Å²) in [5.74, 6) is 1.22. The van der Waals surface area contributed by atoms with Crippen LogP contribution < -0.4 is 9.47 Å². The van der Waals surface area contributed by atoms with Gasteiger partial charge in [0.15, 0.2) is 17.6 Å². The highest BCUT2D eigenvalue weighted by Crippen LogP contribution is 2.45. The van der Waals surface area contributed by atoms with Gasteiger partial charge in [-0.15, -0.1) is 0 Å². The van der Waals surface area contributed by atoms with E-state index < -0.39 is 18.3 Å². The fourth-order valence-corrected chi connectivity index (χ4v) is 6.51. The number of rotatable bonds is 8. The average Bonchev–Trinajstić information content (AvgIpc) is 3.37. The number of imidazole rings is 1. The van der Waals surface area contributed by atoms with Crippen LogP contribution in [0.2, 0.25) is 0 Å². The lowest BCUT2D eigenvalue weighted by Crippen LogP contribution is -2.35. The highest BCUT2D eigenvalue weighted by Gasteiger charge is 2.32. The maximum absolute atomic E-state index is 14.8. The number of carbonyl (C=O) groups excluding carboxylic acids is 1. The number of methoxy groups -OCH3 is 1. The zero-order valence-electron chi connectivity index (χ0n) is 24.9. The number of ether oxygens (including phenoxy) is 4. The van der Waals surface area contributed by atoms with Gasteiger partial charge in [0.05, 0.1) is 42.9 Å². The summed E-state index contributed by atoms with van der Waals surface area (Å²) in [6.45, 7) is 3.84. The molecule has 45 heavy (non-hydrogen) atoms. The number of hydrogen-bond donors (Lipinski definition) is 0. The molecular formula is C34H34F3N3O5. The summed E-state index contributed by atoms with van der Waals surface area (Å²) in [6.07, 6.45) is -0.619. The smallest absolute Gasteiger partial charge is 0.337 e. The Morgan fingerprint density at radius 1 is 1.07 bits per heavy atom. The third-order valence-electron chi connectivity index (χ3n) is 9.10. The van der Waals surface area contributed by atoms with Crippen molar-refractivity contribution in [2.75, 3.05) is 33.4 Å². The molecule has 1 aromatic heterocycles. The van der Waals surface area contributed by atoms with Crippen molar-refractivity contribution in [3.05, 3.63) is 88.5 Å². The summed E-state index contributed by atoms with van der Waals surface area (Å²) >= 11 is 0. The zero-order valence-corrected chi connectivity index (χ0v) is 24.9. The van der Waals surface area contributed by atoms with Crippen molar-refractivity contribution in [3.8, 4) is 11.5 Å². The van der Waals surface area contributed by atoms with Crippen molar-refractivity contribution in [1.82, 2.24) is 14.5 Å². The number of esters is 1. The first-order valence-electron chi connectivity index (χ1n) is 15.3. The lowest BCUT2D eigenvalue weighted by molar-refractivity contribution is -0.0592. The van der Waals surface area contributed by atoms with E-state index in [1.54, 1.807) is 6.07 Å². The van der Waals surface area contributed by atoms with E-state index in [2.05, 4.69) is 9.47 Å². The largest absolute Gasteiger partial charge is 0.485 e. The molecule has 1 unspecified atom stereocenters. The fraction of sp³-hybridized carbons (Fsp3) is 0.412. The Kier molecular flexibility index (Phi) is 8.14. The molecule has 236 valence electrons. The van der Waals surface area contributed by atoms with E-state index in [0.29, 0.717) is 30.2 Å². The molecule has 8 nitrogen and oxygen atoms in total. The molecule has 0 saturated carbocycles. The Morgan fingerprint density at radius 2 is 1.89 bits per heavy atom. The van der Waals surface area contributed by atoms with Gasteiger partial charge in [-0.1, -0.05) is 24.3 Å². The van der Waals surface area contributed by atoms with Crippen LogP contribution >= 0.6 is 0 Å². The van der Waals surface area contributed by atoms with Crippen LogP contribution in [0.15, 0.2) is 54.6 Å². The topological polar surface area (TPSA) is 75.0 Å². The Hall–Kier alpha value is -4.09. The van der Waals surface area contributed by atoms with Crippen LogP contribution in [0.1, 0.15) is 70.6 Å². The van der Waals surface area contributed by atoms with Crippen LogP contribution in [-0.2, 0) is 22.6 Å². The minimum absolute atomic E-state index is 0.0911. The van der Waals surface area contributed by atoms with Crippen molar-refractivity contribution in [2.45, 2.75) is 56.9 Å². The van der Waals surface area contributed by atoms with Gasteiger partial charge in [0.1, 0.15) is 18.2 Å². The van der Waals surface area contributed by atoms with Crippen LogP contribution in [-0.4, -0.2) is 59.9 Å². The number of hydrogen-bond acceptors (Lipinski definition) is 7. The van der Waals surface area contributed by atoms with E-state index in [1.165, 1.54) is 19.2 Å². The summed E-state index contributed by atoms with van der Waals surface area (Å²) in [4.78, 5) is 19.5. The number of piperidine rings is 1. The Bertz CT molecular complexity index is 1710. The van der Waals surface area contributed by atoms with Crippen LogP contribution in [0.3, 0.4) is 0 Å². The highest BCUT2D eigenvalue weighted by molar-refractivity contribution is 5.93. The number of para-hydroxylation sites is 1. The molecular weight excluding hydrogens is 587 g/mol. The van der Waals surface area contributed by atoms with Crippen molar-refractivity contribution in [3.63, 3.8) is 0 Å². The molecule has 4 heterocycles. The SMILES string of the molecule is COC(=O)c1ccc2nc(CN3CCC(c4cccc5c4OC(c4ccc(C(F)F)cc4F)CO5)CC3)n(C[C@@H]3CCO3)c2c1. The quantitative estimate of drug-likeness (QED) is 0.206. The Labute approximate surface area is 258 Å². The number of fused-ring (bicyclic) bond motifs is 2. The molecule has 2 saturated heterocycles. The molecule has 0 spiro atoms. The van der Waals surface area contributed by atoms with Gasteiger partial charge in [-0.05, 0) is 68.6 Å². The van der Waals surface area contributed by atoms with Gasteiger partial charge in [-0.25, -0.2) is 22.9 Å². The number of halogens is 3. The molecule has 3 aliphatic rings. The first-order chi connectivity index (χ1) is 21.9. The third kappa shape index (κ3) is 5.86. The van der Waals surface area contributed by atoms with Crippen LogP contribution in [0.4, 0.5) is 13.2 Å². The van der Waals surface area contributed by atoms with Crippen LogP contribution in [0, 0.1) is 5.82 Å². The average molecular weight is 622 g/mol. The summed E-state index contributed by atoms with van der Waals surface area (Å²) in [6, 6.07) is 14.7. The molecule has 0 radical (unpaired) electrons. The van der Waals surface area contributed by atoms with E-state index in [9.17, 15) is 18.0 Å². The summed E-state index contributed by atoms with van der Waals surface area (Å²) in [5, 5.41) is 0. The number of carbonyl (C=O) groups is 1. The number of nitrogens with zero attached hydrogens (tertiary/aromatic N) is 3. The second-order valence-electron chi connectivity index (χ2n) is 11.8. The normalized spacial score (nSPS) is 20.4. The predicted molar refractivity (Wildman–Crippen MR) is 159 cm³/mol. The molecule has 3 aliphatic heterocycles. The second kappa shape index (κ2) is 12.4. The molecule has 0 amide bonds. The lowest BCUT2D eigenvalue weighted by Gasteiger charge is -2.35. The minimum atomic E-state index is -2.74. The zero-order chi connectivity index (χ0) is 31.1. The van der Waals surface area contributed by atoms with Gasteiger partial charge >= 0.3 is 5.97 Å². The van der Waals surface area contributed by atoms with Crippen molar-refractivity contribution in [2.24, 2.45) is 0 Å². The number of aromatic nitrogens is 2. The molecule has 0 N–H and O–H groups in total. The number of alkyl halides is 2. The summed E-state index contributed by atoms with van der Waals surface area (Å²) < 4.78 is 66.1. The van der Waals surface area contributed by atoms with E-state index >= 15 is 0 Å². The lowest BCUT2D eigenvalue weighted by atomic mass is 9.88. The highest BCUT2D eigenvalue weighted by atomic mass is 19.3. The third-order valence-corrected chi connectivity index (χ3v) is 9.10. The van der Waals surface area contributed by atoms with Crippen LogP contribution in [0.5, 0.6) is 11.5 Å². The molecule has 2 fully saturated rings. The van der Waals surface area contributed by atoms with Gasteiger partial charge in [-0.2, -0.15) is 0 Å². The maximum atomic E-state index is 14.8. The van der Waals surface area contributed by atoms with Gasteiger partial charge in [0.2, 0.25) is 0 Å². The van der Waals surface area contributed by atoms with Gasteiger partial charge in [-0.3, -0.25) is 4.90 Å². The monoisotopic (exact) mass is 621 g/mol. The number of benzene rings is 3. The van der Waals surface area contributed by atoms with Crippen molar-refractivity contribution in [1.29, 1.82) is 0 Å². The van der Waals surface area contributed by atoms with Gasteiger partial charge < -0.3 is 23.5 Å². The standard InChI is InChI=1S/C34H34F3N3O5/c1-42-34(41)22-6-8-27-28(16-22)40(17-23-11-14-43-23)31(38-27)18-39-12-9-20(10-13-39)24-3-2-4-29-32(24)45-30(19-44-29)25-7-5-21(33(36)37)15-26(25)35/h2-8,15-16,20,23,30,33H,9-14,17-19H2,1H3/t23-,30?/m0/s1. The van der Waals surface area contributed by atoms with E-state index in [1.807, 2.05) is 30.3 Å². The van der Waals surface area contributed by atoms with Crippen molar-refractivity contribution >= 4 is 17.0 Å². The maximum Gasteiger partial charge on any atom is 0.337 e. The molecule has 0 bridgehead atoms. The molecule has 2 atom stereocenters. The van der Waals surface area contributed by atoms with E-state index in [0.717, 1.165) is 67.4 Å². The molecule has 4 aromatic rings. The Balaban J connectivity index is 1.07. The van der Waals surface area contributed by atoms with Gasteiger partial charge in [0, 0.05) is 23.3 Å². The molecule has 7 rings (SSSR count). The first-order valence-corrected chi connectivity index (χ1v) is 15.3. The van der Waals surface area contributed by atoms with E-state index in [-0.39, 0.29) is 35.7 Å². The second-order valence-corrected chi connectivity index (χ2v) is 11.8. The van der Waals surface area contributed by atoms with Crippen molar-refractivity contribution < 1.29 is 36.9 Å². The molecule has 11 heteroatoms. The first kappa shape index (κ1) is 29.6.